The summed E-state index contributed by atoms with van der Waals surface area (Å²) in [5.74, 6) is 0.496. The van der Waals surface area contributed by atoms with Crippen molar-refractivity contribution < 1.29 is 13.5 Å². The zero-order chi connectivity index (χ0) is 12.1. The molecule has 0 N–H and O–H groups in total. The largest absolute Gasteiger partial charge is 0.486 e. The van der Waals surface area contributed by atoms with E-state index in [-0.39, 0.29) is 17.2 Å². The lowest BCUT2D eigenvalue weighted by Crippen LogP contribution is -2.08. The predicted octanol–water partition coefficient (Wildman–Crippen LogP) is 3.33. The number of rotatable bonds is 4. The number of ether oxygens (including phenoxy) is 1. The van der Waals surface area contributed by atoms with Gasteiger partial charge in [0.25, 0.3) is 6.43 Å². The van der Waals surface area contributed by atoms with Crippen LogP contribution in [0.2, 0.25) is 0 Å². The normalized spacial score (nSPS) is 10.6. The summed E-state index contributed by atoms with van der Waals surface area (Å²) in [7, 11) is 0. The van der Waals surface area contributed by atoms with Gasteiger partial charge in [0.15, 0.2) is 0 Å². The Morgan fingerprint density at radius 1 is 1.38 bits per heavy atom. The van der Waals surface area contributed by atoms with Crippen molar-refractivity contribution in [3.63, 3.8) is 0 Å². The van der Waals surface area contributed by atoms with Gasteiger partial charge in [-0.3, -0.25) is 0 Å². The molecule has 0 heterocycles. The highest BCUT2D eigenvalue weighted by atomic mass is 19.3. The smallest absolute Gasteiger partial charge is 0.272 e. The second-order valence-corrected chi connectivity index (χ2v) is 3.72. The van der Waals surface area contributed by atoms with Crippen molar-refractivity contribution in [3.05, 3.63) is 29.3 Å². The highest BCUT2D eigenvalue weighted by molar-refractivity contribution is 5.46. The molecule has 0 aromatic heterocycles. The molecule has 1 aromatic carbocycles. The van der Waals surface area contributed by atoms with Gasteiger partial charge in [0, 0.05) is 0 Å². The molecule has 0 unspecified atom stereocenters. The standard InChI is InChI=1S/C12H13F2NO/c1-8(2)9-3-4-10(6-15)11(5-9)16-7-12(13)14/h3-5,8,12H,7H2,1-2H3. The minimum absolute atomic E-state index is 0.231. The van der Waals surface area contributed by atoms with E-state index in [1.54, 1.807) is 18.2 Å². The van der Waals surface area contributed by atoms with Crippen LogP contribution in [-0.2, 0) is 0 Å². The van der Waals surface area contributed by atoms with Gasteiger partial charge in [-0.25, -0.2) is 8.78 Å². The number of alkyl halides is 2. The Bertz CT molecular complexity index is 396. The summed E-state index contributed by atoms with van der Waals surface area (Å²) in [6.45, 7) is 3.28. The van der Waals surface area contributed by atoms with Crippen LogP contribution >= 0.6 is 0 Å². The molecule has 16 heavy (non-hydrogen) atoms. The maximum atomic E-state index is 12.0. The van der Waals surface area contributed by atoms with Gasteiger partial charge >= 0.3 is 0 Å². The molecular formula is C12H13F2NO. The predicted molar refractivity (Wildman–Crippen MR) is 56.7 cm³/mol. The minimum Gasteiger partial charge on any atom is -0.486 e. The van der Waals surface area contributed by atoms with Gasteiger partial charge < -0.3 is 4.74 Å². The second-order valence-electron chi connectivity index (χ2n) is 3.72. The molecule has 1 rings (SSSR count). The van der Waals surface area contributed by atoms with E-state index in [1.807, 2.05) is 19.9 Å². The average Bonchev–Trinajstić information content (AvgIpc) is 2.25. The van der Waals surface area contributed by atoms with Gasteiger partial charge in [-0.1, -0.05) is 19.9 Å². The van der Waals surface area contributed by atoms with Gasteiger partial charge in [0.05, 0.1) is 5.56 Å². The van der Waals surface area contributed by atoms with Gasteiger partial charge in [-0.15, -0.1) is 0 Å². The van der Waals surface area contributed by atoms with Crippen LogP contribution in [0.4, 0.5) is 8.78 Å². The fraction of sp³-hybridized carbons (Fsp3) is 0.417. The number of benzene rings is 1. The van der Waals surface area contributed by atoms with Crippen molar-refractivity contribution in [2.45, 2.75) is 26.2 Å². The highest BCUT2D eigenvalue weighted by Gasteiger charge is 2.10. The van der Waals surface area contributed by atoms with Crippen LogP contribution in [0, 0.1) is 11.3 Å². The van der Waals surface area contributed by atoms with Crippen LogP contribution in [0.25, 0.3) is 0 Å². The molecule has 0 bridgehead atoms. The molecule has 0 fully saturated rings. The maximum absolute atomic E-state index is 12.0. The molecule has 4 heteroatoms. The molecule has 0 aliphatic heterocycles. The van der Waals surface area contributed by atoms with Crippen molar-refractivity contribution in [2.24, 2.45) is 0 Å². The van der Waals surface area contributed by atoms with E-state index >= 15 is 0 Å². The molecule has 0 spiro atoms. The lowest BCUT2D eigenvalue weighted by atomic mass is 10.0. The van der Waals surface area contributed by atoms with Gasteiger partial charge in [0.2, 0.25) is 0 Å². The van der Waals surface area contributed by atoms with Crippen molar-refractivity contribution >= 4 is 0 Å². The molecule has 0 atom stereocenters. The monoisotopic (exact) mass is 225 g/mol. The molecule has 0 radical (unpaired) electrons. The summed E-state index contributed by atoms with van der Waals surface area (Å²) in [6, 6.07) is 6.96. The van der Waals surface area contributed by atoms with E-state index in [0.29, 0.717) is 0 Å². The summed E-state index contributed by atoms with van der Waals surface area (Å²) in [5, 5.41) is 8.80. The number of halogens is 2. The van der Waals surface area contributed by atoms with Gasteiger partial charge in [0.1, 0.15) is 18.4 Å². The summed E-state index contributed by atoms with van der Waals surface area (Å²) in [5.41, 5.74) is 1.24. The van der Waals surface area contributed by atoms with Crippen LogP contribution in [0.15, 0.2) is 18.2 Å². The van der Waals surface area contributed by atoms with Crippen molar-refractivity contribution in [3.8, 4) is 11.8 Å². The number of nitrogens with zero attached hydrogens (tertiary/aromatic N) is 1. The average molecular weight is 225 g/mol. The highest BCUT2D eigenvalue weighted by Crippen LogP contribution is 2.24. The van der Waals surface area contributed by atoms with E-state index < -0.39 is 13.0 Å². The van der Waals surface area contributed by atoms with Crippen molar-refractivity contribution in [1.82, 2.24) is 0 Å². The minimum atomic E-state index is -2.53. The second kappa shape index (κ2) is 5.45. The van der Waals surface area contributed by atoms with Crippen molar-refractivity contribution in [1.29, 1.82) is 5.26 Å². The molecule has 0 aliphatic rings. The fourth-order valence-corrected chi connectivity index (χ4v) is 1.26. The Hall–Kier alpha value is -1.63. The third-order valence-corrected chi connectivity index (χ3v) is 2.16. The van der Waals surface area contributed by atoms with Gasteiger partial charge in [-0.2, -0.15) is 5.26 Å². The molecule has 86 valence electrons. The Labute approximate surface area is 93.5 Å². The van der Waals surface area contributed by atoms with Crippen LogP contribution in [0.3, 0.4) is 0 Å². The summed E-state index contributed by atoms with van der Waals surface area (Å²) in [4.78, 5) is 0. The first-order chi connectivity index (χ1) is 7.54. The molecule has 0 saturated carbocycles. The molecule has 0 amide bonds. The quantitative estimate of drug-likeness (QED) is 0.787. The lowest BCUT2D eigenvalue weighted by molar-refractivity contribution is 0.0817. The first-order valence-electron chi connectivity index (χ1n) is 4.99. The summed E-state index contributed by atoms with van der Waals surface area (Å²) in [6.07, 6.45) is -2.53. The molecule has 0 saturated heterocycles. The first-order valence-corrected chi connectivity index (χ1v) is 4.99. The topological polar surface area (TPSA) is 33.0 Å². The molecule has 1 aromatic rings. The van der Waals surface area contributed by atoms with Crippen LogP contribution in [-0.4, -0.2) is 13.0 Å². The Balaban J connectivity index is 2.94. The molecule has 2 nitrogen and oxygen atoms in total. The van der Waals surface area contributed by atoms with E-state index in [1.165, 1.54) is 0 Å². The molecular weight excluding hydrogens is 212 g/mol. The van der Waals surface area contributed by atoms with E-state index in [2.05, 4.69) is 0 Å². The maximum Gasteiger partial charge on any atom is 0.272 e. The van der Waals surface area contributed by atoms with E-state index in [0.717, 1.165) is 5.56 Å². The van der Waals surface area contributed by atoms with Crippen LogP contribution < -0.4 is 4.74 Å². The Kier molecular flexibility index (Phi) is 4.24. The Morgan fingerprint density at radius 2 is 2.06 bits per heavy atom. The first kappa shape index (κ1) is 12.4. The number of hydrogen-bond donors (Lipinski definition) is 0. The lowest BCUT2D eigenvalue weighted by Gasteiger charge is -2.11. The van der Waals surface area contributed by atoms with Crippen molar-refractivity contribution in [2.75, 3.05) is 6.61 Å². The van der Waals surface area contributed by atoms with E-state index in [4.69, 9.17) is 10.00 Å². The number of hydrogen-bond acceptors (Lipinski definition) is 2. The third kappa shape index (κ3) is 3.20. The van der Waals surface area contributed by atoms with Gasteiger partial charge in [-0.05, 0) is 23.6 Å². The summed E-state index contributed by atoms with van der Waals surface area (Å²) >= 11 is 0. The zero-order valence-electron chi connectivity index (χ0n) is 9.21. The van der Waals surface area contributed by atoms with Crippen LogP contribution in [0.5, 0.6) is 5.75 Å². The zero-order valence-corrected chi connectivity index (χ0v) is 9.21. The summed E-state index contributed by atoms with van der Waals surface area (Å²) < 4.78 is 28.9. The SMILES string of the molecule is CC(C)c1ccc(C#N)c(OCC(F)F)c1. The third-order valence-electron chi connectivity index (χ3n) is 2.16. The Morgan fingerprint density at radius 3 is 2.56 bits per heavy atom. The van der Waals surface area contributed by atoms with E-state index in [9.17, 15) is 8.78 Å². The fourth-order valence-electron chi connectivity index (χ4n) is 1.26. The van der Waals surface area contributed by atoms with Crippen LogP contribution in [0.1, 0.15) is 30.9 Å². The number of nitriles is 1. The molecule has 0 aliphatic carbocycles.